The van der Waals surface area contributed by atoms with Crippen LogP contribution in [-0.4, -0.2) is 30.7 Å². The number of rotatable bonds is 6. The Kier molecular flexibility index (Phi) is 5.57. The fraction of sp³-hybridized carbons (Fsp3) is 0.353. The van der Waals surface area contributed by atoms with Crippen LogP contribution < -0.4 is 10.2 Å². The number of aliphatic hydroxyl groups excluding tert-OH is 1. The molecule has 0 aliphatic rings. The van der Waals surface area contributed by atoms with E-state index in [9.17, 15) is 9.90 Å². The molecule has 1 aromatic heterocycles. The largest absolute Gasteiger partial charge is 0.395 e. The molecule has 2 N–H and O–H groups in total. The maximum absolute atomic E-state index is 12.3. The van der Waals surface area contributed by atoms with Gasteiger partial charge in [-0.3, -0.25) is 4.79 Å². The van der Waals surface area contributed by atoms with Crippen molar-refractivity contribution in [3.8, 4) is 0 Å². The molecule has 2 rings (SSSR count). The molecule has 4 nitrogen and oxygen atoms in total. The summed E-state index contributed by atoms with van der Waals surface area (Å²) in [6.07, 6.45) is 0. The van der Waals surface area contributed by atoms with Crippen LogP contribution in [-0.2, 0) is 4.79 Å². The Morgan fingerprint density at radius 2 is 1.86 bits per heavy atom. The minimum absolute atomic E-state index is 0.0123. The minimum Gasteiger partial charge on any atom is -0.395 e. The SMILES string of the molecule is Cc1sc(NC(=O)CN(CCO)c2ccccc2)c(C)c1C. The number of hydrogen-bond donors (Lipinski definition) is 2. The lowest BCUT2D eigenvalue weighted by Gasteiger charge is -2.23. The van der Waals surface area contributed by atoms with E-state index in [0.29, 0.717) is 6.54 Å². The summed E-state index contributed by atoms with van der Waals surface area (Å²) in [7, 11) is 0. The molecule has 0 fully saturated rings. The fourth-order valence-electron chi connectivity index (χ4n) is 2.26. The van der Waals surface area contributed by atoms with Gasteiger partial charge in [0.2, 0.25) is 5.91 Å². The number of aryl methyl sites for hydroxylation is 1. The average molecular weight is 318 g/mol. The molecule has 0 saturated heterocycles. The van der Waals surface area contributed by atoms with Crippen molar-refractivity contribution in [3.63, 3.8) is 0 Å². The van der Waals surface area contributed by atoms with Gasteiger partial charge in [-0.05, 0) is 44.0 Å². The van der Waals surface area contributed by atoms with Gasteiger partial charge < -0.3 is 15.3 Å². The van der Waals surface area contributed by atoms with Crippen molar-refractivity contribution in [2.75, 3.05) is 29.9 Å². The molecule has 22 heavy (non-hydrogen) atoms. The van der Waals surface area contributed by atoms with Crippen molar-refractivity contribution in [3.05, 3.63) is 46.3 Å². The number of aliphatic hydroxyl groups is 1. The van der Waals surface area contributed by atoms with E-state index >= 15 is 0 Å². The second-order valence-electron chi connectivity index (χ2n) is 5.27. The van der Waals surface area contributed by atoms with E-state index in [1.54, 1.807) is 11.3 Å². The van der Waals surface area contributed by atoms with E-state index in [2.05, 4.69) is 19.2 Å². The number of hydrogen-bond acceptors (Lipinski definition) is 4. The Labute approximate surface area is 135 Å². The van der Waals surface area contributed by atoms with Gasteiger partial charge in [0, 0.05) is 17.1 Å². The molecule has 2 aromatic rings. The Balaban J connectivity index is 2.07. The second-order valence-corrected chi connectivity index (χ2v) is 6.49. The number of nitrogens with zero attached hydrogens (tertiary/aromatic N) is 1. The highest BCUT2D eigenvalue weighted by molar-refractivity contribution is 7.16. The van der Waals surface area contributed by atoms with Crippen LogP contribution in [0.1, 0.15) is 16.0 Å². The third-order valence-corrected chi connectivity index (χ3v) is 4.99. The second kappa shape index (κ2) is 7.42. The lowest BCUT2D eigenvalue weighted by Crippen LogP contribution is -2.35. The zero-order valence-electron chi connectivity index (χ0n) is 13.2. The maximum Gasteiger partial charge on any atom is 0.244 e. The lowest BCUT2D eigenvalue weighted by atomic mass is 10.2. The third-order valence-electron chi connectivity index (χ3n) is 3.77. The molecule has 0 bridgehead atoms. The number of anilines is 2. The summed E-state index contributed by atoms with van der Waals surface area (Å²) < 4.78 is 0. The van der Waals surface area contributed by atoms with Gasteiger partial charge in [-0.1, -0.05) is 18.2 Å². The Hall–Kier alpha value is -1.85. The molecule has 118 valence electrons. The van der Waals surface area contributed by atoms with Crippen LogP contribution in [0, 0.1) is 20.8 Å². The first-order chi connectivity index (χ1) is 10.5. The predicted molar refractivity (Wildman–Crippen MR) is 92.9 cm³/mol. The Morgan fingerprint density at radius 3 is 2.41 bits per heavy atom. The predicted octanol–water partition coefficient (Wildman–Crippen LogP) is 3.11. The van der Waals surface area contributed by atoms with Crippen LogP contribution in [0.15, 0.2) is 30.3 Å². The minimum atomic E-state index is -0.0679. The average Bonchev–Trinajstić information content (AvgIpc) is 2.75. The number of nitrogens with one attached hydrogen (secondary N) is 1. The molecule has 5 heteroatoms. The third kappa shape index (κ3) is 3.87. The van der Waals surface area contributed by atoms with Gasteiger partial charge >= 0.3 is 0 Å². The van der Waals surface area contributed by atoms with Gasteiger partial charge in [0.05, 0.1) is 18.2 Å². The molecule has 1 amide bonds. The first-order valence-electron chi connectivity index (χ1n) is 7.30. The zero-order chi connectivity index (χ0) is 16.1. The van der Waals surface area contributed by atoms with Crippen LogP contribution in [0.5, 0.6) is 0 Å². The Morgan fingerprint density at radius 1 is 1.18 bits per heavy atom. The zero-order valence-corrected chi connectivity index (χ0v) is 14.0. The lowest BCUT2D eigenvalue weighted by molar-refractivity contribution is -0.115. The summed E-state index contributed by atoms with van der Waals surface area (Å²) in [6, 6.07) is 9.66. The molecule has 0 radical (unpaired) electrons. The number of thiophene rings is 1. The molecule has 1 aromatic carbocycles. The first kappa shape index (κ1) is 16.5. The van der Waals surface area contributed by atoms with Gasteiger partial charge in [0.1, 0.15) is 0 Å². The molecular formula is C17H22N2O2S. The molecule has 0 aliphatic heterocycles. The van der Waals surface area contributed by atoms with Crippen molar-refractivity contribution >= 4 is 27.9 Å². The van der Waals surface area contributed by atoms with E-state index in [1.807, 2.05) is 42.2 Å². The molecule has 0 atom stereocenters. The van der Waals surface area contributed by atoms with Gasteiger partial charge in [-0.15, -0.1) is 11.3 Å². The molecule has 0 spiro atoms. The van der Waals surface area contributed by atoms with Crippen molar-refractivity contribution in [2.24, 2.45) is 0 Å². The van der Waals surface area contributed by atoms with Gasteiger partial charge in [0.25, 0.3) is 0 Å². The van der Waals surface area contributed by atoms with E-state index < -0.39 is 0 Å². The summed E-state index contributed by atoms with van der Waals surface area (Å²) in [6.45, 7) is 6.82. The maximum atomic E-state index is 12.3. The summed E-state index contributed by atoms with van der Waals surface area (Å²) in [5.74, 6) is -0.0679. The van der Waals surface area contributed by atoms with Crippen molar-refractivity contribution in [1.82, 2.24) is 0 Å². The van der Waals surface area contributed by atoms with Gasteiger partial charge in [-0.25, -0.2) is 0 Å². The topological polar surface area (TPSA) is 52.6 Å². The van der Waals surface area contributed by atoms with Crippen LogP contribution in [0.4, 0.5) is 10.7 Å². The van der Waals surface area contributed by atoms with Crippen LogP contribution in [0.3, 0.4) is 0 Å². The fourth-order valence-corrected chi connectivity index (χ4v) is 3.34. The van der Waals surface area contributed by atoms with E-state index in [4.69, 9.17) is 0 Å². The summed E-state index contributed by atoms with van der Waals surface area (Å²) in [5, 5.41) is 13.1. The smallest absolute Gasteiger partial charge is 0.244 e. The van der Waals surface area contributed by atoms with Crippen molar-refractivity contribution < 1.29 is 9.90 Å². The molecule has 0 unspecified atom stereocenters. The number of para-hydroxylation sites is 1. The quantitative estimate of drug-likeness (QED) is 0.860. The summed E-state index contributed by atoms with van der Waals surface area (Å²) >= 11 is 1.61. The van der Waals surface area contributed by atoms with Gasteiger partial charge in [0.15, 0.2) is 0 Å². The highest BCUT2D eigenvalue weighted by atomic mass is 32.1. The first-order valence-corrected chi connectivity index (χ1v) is 8.12. The van der Waals surface area contributed by atoms with Gasteiger partial charge in [-0.2, -0.15) is 0 Å². The number of benzene rings is 1. The van der Waals surface area contributed by atoms with Crippen molar-refractivity contribution in [1.29, 1.82) is 0 Å². The summed E-state index contributed by atoms with van der Waals surface area (Å²) in [4.78, 5) is 15.4. The number of carbonyl (C=O) groups is 1. The highest BCUT2D eigenvalue weighted by Crippen LogP contribution is 2.31. The van der Waals surface area contributed by atoms with E-state index in [-0.39, 0.29) is 19.1 Å². The molecule has 0 saturated carbocycles. The highest BCUT2D eigenvalue weighted by Gasteiger charge is 2.14. The van der Waals surface area contributed by atoms with Crippen LogP contribution in [0.25, 0.3) is 0 Å². The summed E-state index contributed by atoms with van der Waals surface area (Å²) in [5.41, 5.74) is 3.29. The van der Waals surface area contributed by atoms with E-state index in [1.165, 1.54) is 10.4 Å². The van der Waals surface area contributed by atoms with Crippen LogP contribution in [0.2, 0.25) is 0 Å². The van der Waals surface area contributed by atoms with E-state index in [0.717, 1.165) is 16.3 Å². The molecule has 0 aliphatic carbocycles. The van der Waals surface area contributed by atoms with Crippen LogP contribution >= 0.6 is 11.3 Å². The normalized spacial score (nSPS) is 10.5. The number of amides is 1. The van der Waals surface area contributed by atoms with Crippen molar-refractivity contribution in [2.45, 2.75) is 20.8 Å². The number of carbonyl (C=O) groups excluding carboxylic acids is 1. The monoisotopic (exact) mass is 318 g/mol. The molecule has 1 heterocycles. The Bertz CT molecular complexity index is 638. The standard InChI is InChI=1S/C17H22N2O2S/c1-12-13(2)17(22-14(12)3)18-16(21)11-19(9-10-20)15-7-5-4-6-8-15/h4-8,20H,9-11H2,1-3H3,(H,18,21). The molecular weight excluding hydrogens is 296 g/mol.